The minimum atomic E-state index is -0.892. The predicted octanol–water partition coefficient (Wildman–Crippen LogP) is 2.68. The molecule has 1 aromatic heterocycles. The van der Waals surface area contributed by atoms with E-state index in [4.69, 9.17) is 4.74 Å². The molecule has 0 bridgehead atoms. The van der Waals surface area contributed by atoms with Crippen LogP contribution in [0, 0.1) is 17.6 Å². The molecule has 3 rings (SSSR count). The van der Waals surface area contributed by atoms with E-state index in [2.05, 4.69) is 15.3 Å². The summed E-state index contributed by atoms with van der Waals surface area (Å²) in [4.78, 5) is 16.9. The van der Waals surface area contributed by atoms with Crippen molar-refractivity contribution in [2.45, 2.75) is 26.2 Å². The highest BCUT2D eigenvalue weighted by Crippen LogP contribution is 2.21. The lowest BCUT2D eigenvalue weighted by atomic mass is 9.99. The number of hydrogen-bond acceptors (Lipinski definition) is 4. The van der Waals surface area contributed by atoms with Gasteiger partial charge in [-0.2, -0.15) is 4.39 Å². The van der Waals surface area contributed by atoms with E-state index < -0.39 is 11.6 Å². The Kier molecular flexibility index (Phi) is 7.53. The summed E-state index contributed by atoms with van der Waals surface area (Å²) in [6.07, 6.45) is 5.79. The number of aromatic nitrogens is 2. The first-order valence-corrected chi connectivity index (χ1v) is 8.41. The number of benzene rings is 1. The monoisotopic (exact) mass is 351 g/mol. The largest absolute Gasteiger partial charge is 0.490 e. The summed E-state index contributed by atoms with van der Waals surface area (Å²) in [6, 6.07) is 4.00. The van der Waals surface area contributed by atoms with Crippen LogP contribution in [-0.2, 0) is 6.42 Å². The molecule has 1 saturated heterocycles. The minimum absolute atomic E-state index is 0.0125. The zero-order valence-corrected chi connectivity index (χ0v) is 14.2. The van der Waals surface area contributed by atoms with Gasteiger partial charge in [0.15, 0.2) is 11.6 Å². The third kappa shape index (κ3) is 6.26. The van der Waals surface area contributed by atoms with Gasteiger partial charge < -0.3 is 15.0 Å². The topological polar surface area (TPSA) is 67.0 Å². The maximum absolute atomic E-state index is 13.2. The van der Waals surface area contributed by atoms with Gasteiger partial charge in [-0.25, -0.2) is 4.39 Å². The number of hydrogen-bond donors (Lipinski definition) is 2. The number of nitrogens with zero attached hydrogens (tertiary/aromatic N) is 1. The van der Waals surface area contributed by atoms with Crippen LogP contribution in [0.15, 0.2) is 35.4 Å². The minimum Gasteiger partial charge on any atom is -0.490 e. The van der Waals surface area contributed by atoms with Crippen molar-refractivity contribution in [2.75, 3.05) is 19.7 Å². The highest BCUT2D eigenvalue weighted by atomic mass is 19.2. The van der Waals surface area contributed by atoms with Crippen molar-refractivity contribution in [1.82, 2.24) is 15.3 Å². The number of rotatable bonds is 4. The van der Waals surface area contributed by atoms with Gasteiger partial charge in [0.1, 0.15) is 0 Å². The first-order valence-electron chi connectivity index (χ1n) is 8.41. The Morgan fingerprint density at radius 1 is 1.24 bits per heavy atom. The zero-order valence-electron chi connectivity index (χ0n) is 14.2. The lowest BCUT2D eigenvalue weighted by molar-refractivity contribution is 0.206. The molecule has 25 heavy (non-hydrogen) atoms. The number of ether oxygens (including phenoxy) is 1. The van der Waals surface area contributed by atoms with Gasteiger partial charge in [-0.3, -0.25) is 9.78 Å². The molecule has 0 atom stereocenters. The zero-order chi connectivity index (χ0) is 18.1. The number of halogens is 2. The van der Waals surface area contributed by atoms with Gasteiger partial charge in [0.05, 0.1) is 12.8 Å². The molecule has 0 radical (unpaired) electrons. The smallest absolute Gasteiger partial charge is 0.266 e. The Morgan fingerprint density at radius 2 is 2.00 bits per heavy atom. The first-order chi connectivity index (χ1) is 12.1. The molecule has 136 valence electrons. The summed E-state index contributed by atoms with van der Waals surface area (Å²) in [5.74, 6) is -1.30. The third-order valence-corrected chi connectivity index (χ3v) is 3.94. The summed E-state index contributed by atoms with van der Waals surface area (Å²) >= 11 is 0. The van der Waals surface area contributed by atoms with Gasteiger partial charge in [-0.15, -0.1) is 0 Å². The van der Waals surface area contributed by atoms with Crippen LogP contribution in [-0.4, -0.2) is 29.7 Å². The average Bonchev–Trinajstić information content (AvgIpc) is 2.64. The summed E-state index contributed by atoms with van der Waals surface area (Å²) < 4.78 is 31.4. The van der Waals surface area contributed by atoms with Crippen molar-refractivity contribution >= 4 is 0 Å². The van der Waals surface area contributed by atoms with Crippen molar-refractivity contribution in [3.8, 4) is 5.75 Å². The number of H-pyrrole nitrogens is 1. The van der Waals surface area contributed by atoms with E-state index in [1.165, 1.54) is 18.3 Å². The quantitative estimate of drug-likeness (QED) is 0.889. The summed E-state index contributed by atoms with van der Waals surface area (Å²) in [5.41, 5.74) is 0.747. The SMILES string of the molecule is CCc1cncc(=O)[nH]1.Fc1cccc(OCC2CCNCC2)c1F. The summed E-state index contributed by atoms with van der Waals surface area (Å²) in [6.45, 7) is 4.37. The maximum Gasteiger partial charge on any atom is 0.266 e. The molecule has 0 aliphatic carbocycles. The second-order valence-corrected chi connectivity index (χ2v) is 5.83. The van der Waals surface area contributed by atoms with Crippen LogP contribution in [0.1, 0.15) is 25.5 Å². The van der Waals surface area contributed by atoms with Gasteiger partial charge in [0.25, 0.3) is 5.56 Å². The van der Waals surface area contributed by atoms with Crippen molar-refractivity contribution < 1.29 is 13.5 Å². The first kappa shape index (κ1) is 19.1. The van der Waals surface area contributed by atoms with E-state index in [9.17, 15) is 13.6 Å². The Labute approximate surface area is 145 Å². The Morgan fingerprint density at radius 3 is 2.64 bits per heavy atom. The van der Waals surface area contributed by atoms with E-state index in [-0.39, 0.29) is 11.3 Å². The molecule has 0 unspecified atom stereocenters. The predicted molar refractivity (Wildman–Crippen MR) is 91.7 cm³/mol. The van der Waals surface area contributed by atoms with E-state index in [0.717, 1.165) is 44.1 Å². The van der Waals surface area contributed by atoms with E-state index in [0.29, 0.717) is 12.5 Å². The fraction of sp³-hybridized carbons (Fsp3) is 0.444. The Bertz CT molecular complexity index is 715. The second kappa shape index (κ2) is 9.88. The summed E-state index contributed by atoms with van der Waals surface area (Å²) in [7, 11) is 0. The fourth-order valence-corrected chi connectivity index (χ4v) is 2.45. The maximum atomic E-state index is 13.2. The summed E-state index contributed by atoms with van der Waals surface area (Å²) in [5, 5.41) is 3.24. The van der Waals surface area contributed by atoms with Crippen LogP contribution in [0.3, 0.4) is 0 Å². The number of piperidine rings is 1. The normalized spacial score (nSPS) is 14.5. The lowest BCUT2D eigenvalue weighted by Crippen LogP contribution is -2.30. The van der Waals surface area contributed by atoms with Gasteiger partial charge >= 0.3 is 0 Å². The number of aromatic amines is 1. The van der Waals surface area contributed by atoms with Gasteiger partial charge in [0.2, 0.25) is 5.82 Å². The standard InChI is InChI=1S/C12H15F2NO.C6H8N2O/c13-10-2-1-3-11(12(10)14)16-8-9-4-6-15-7-5-9;1-2-5-3-7-4-6(9)8-5/h1-3,9,15H,4-8H2;3-4H,2H2,1H3,(H,8,9). The fourth-order valence-electron chi connectivity index (χ4n) is 2.45. The van der Waals surface area contributed by atoms with Crippen molar-refractivity contribution in [3.05, 3.63) is 58.3 Å². The molecule has 1 aliphatic rings. The third-order valence-electron chi connectivity index (χ3n) is 3.94. The van der Waals surface area contributed by atoms with Gasteiger partial charge in [0, 0.05) is 11.9 Å². The van der Waals surface area contributed by atoms with Crippen LogP contribution in [0.25, 0.3) is 0 Å². The molecule has 0 spiro atoms. The van der Waals surface area contributed by atoms with Crippen molar-refractivity contribution in [3.63, 3.8) is 0 Å². The van der Waals surface area contributed by atoms with E-state index >= 15 is 0 Å². The molecule has 0 amide bonds. The van der Waals surface area contributed by atoms with Crippen molar-refractivity contribution in [2.24, 2.45) is 5.92 Å². The molecular weight excluding hydrogens is 328 g/mol. The van der Waals surface area contributed by atoms with E-state index in [1.807, 2.05) is 6.92 Å². The number of nitrogens with one attached hydrogen (secondary N) is 2. The van der Waals surface area contributed by atoms with E-state index in [1.54, 1.807) is 6.20 Å². The van der Waals surface area contributed by atoms with Gasteiger partial charge in [-0.1, -0.05) is 13.0 Å². The average molecular weight is 351 g/mol. The van der Waals surface area contributed by atoms with Crippen molar-refractivity contribution in [1.29, 1.82) is 0 Å². The molecule has 7 heteroatoms. The van der Waals surface area contributed by atoms with Crippen LogP contribution in [0.4, 0.5) is 8.78 Å². The Balaban J connectivity index is 0.000000212. The molecule has 2 heterocycles. The Hall–Kier alpha value is -2.28. The molecule has 2 N–H and O–H groups in total. The molecule has 5 nitrogen and oxygen atoms in total. The van der Waals surface area contributed by atoms with Gasteiger partial charge in [-0.05, 0) is 50.4 Å². The van der Waals surface area contributed by atoms with Crippen LogP contribution >= 0.6 is 0 Å². The lowest BCUT2D eigenvalue weighted by Gasteiger charge is -2.22. The molecule has 0 saturated carbocycles. The molecular formula is C18H23F2N3O2. The molecule has 1 aromatic carbocycles. The molecule has 2 aromatic rings. The van der Waals surface area contributed by atoms with Crippen LogP contribution in [0.2, 0.25) is 0 Å². The second-order valence-electron chi connectivity index (χ2n) is 5.83. The van der Waals surface area contributed by atoms with Crippen LogP contribution in [0.5, 0.6) is 5.75 Å². The molecule has 1 aliphatic heterocycles. The highest BCUT2D eigenvalue weighted by molar-refractivity contribution is 5.25. The molecule has 1 fully saturated rings. The highest BCUT2D eigenvalue weighted by Gasteiger charge is 2.15. The van der Waals surface area contributed by atoms with Crippen LogP contribution < -0.4 is 15.6 Å². The number of aryl methyl sites for hydroxylation is 1.